The number of halogens is 5. The number of hydrogen-bond acceptors (Lipinski definition) is 6. The van der Waals surface area contributed by atoms with E-state index in [0.29, 0.717) is 32.9 Å². The maximum atomic E-state index is 15.6. The molecule has 2 N–H and O–H groups in total. The fourth-order valence-corrected chi connectivity index (χ4v) is 5.32. The fraction of sp³-hybridized carbons (Fsp3) is 0.133. The van der Waals surface area contributed by atoms with Gasteiger partial charge in [-0.1, -0.05) is 40.5 Å². The van der Waals surface area contributed by atoms with Gasteiger partial charge in [-0.25, -0.2) is 13.8 Å². The van der Waals surface area contributed by atoms with Gasteiger partial charge in [-0.15, -0.1) is 5.10 Å². The molecular weight excluding hydrogens is 646 g/mol. The van der Waals surface area contributed by atoms with Crippen molar-refractivity contribution in [1.82, 2.24) is 34.6 Å². The van der Waals surface area contributed by atoms with Crippen molar-refractivity contribution in [3.8, 4) is 27.9 Å². The van der Waals surface area contributed by atoms with Crippen molar-refractivity contribution in [1.29, 1.82) is 0 Å². The van der Waals surface area contributed by atoms with Crippen LogP contribution in [0.25, 0.3) is 27.9 Å². The van der Waals surface area contributed by atoms with Crippen LogP contribution in [0.3, 0.4) is 0 Å². The van der Waals surface area contributed by atoms with Gasteiger partial charge in [0.15, 0.2) is 11.0 Å². The Bertz CT molecular complexity index is 2040. The Kier molecular flexibility index (Phi) is 8.47. The molecule has 16 heteroatoms. The molecule has 0 fully saturated rings. The highest BCUT2D eigenvalue weighted by Crippen LogP contribution is 2.34. The van der Waals surface area contributed by atoms with Crippen LogP contribution in [0.4, 0.5) is 13.2 Å². The molecule has 4 aromatic heterocycles. The largest absolute Gasteiger partial charge is 0.366 e. The lowest BCUT2D eigenvalue weighted by Crippen LogP contribution is -2.46. The summed E-state index contributed by atoms with van der Waals surface area (Å²) in [5.41, 5.74) is 8.93. The van der Waals surface area contributed by atoms with Crippen LogP contribution in [0, 0.1) is 5.82 Å². The van der Waals surface area contributed by atoms with E-state index in [-0.39, 0.29) is 22.2 Å². The van der Waals surface area contributed by atoms with E-state index < -0.39 is 24.3 Å². The minimum atomic E-state index is -2.81. The van der Waals surface area contributed by atoms with Crippen LogP contribution in [0.15, 0.2) is 85.6 Å². The molecule has 0 saturated carbocycles. The standard InChI is InChI=1S/C30H22Cl2F3N9O2/c1-46-44-15-19(27-24(9-7-22(31)28(27)33)43-16-26(32)38-40-43)6-8-23(44)25(12-21-10-11-41(39-21)30(34)35)42-14-20(13-37-42)17-2-4-18(5-3-17)29(36)45/h2-11,13-16,25,30H,12H2,1H3,(H-,36,45)/p+1/t25-/m0/s1. The Balaban J connectivity index is 1.44. The Morgan fingerprint density at radius 3 is 2.41 bits per heavy atom. The van der Waals surface area contributed by atoms with Crippen LogP contribution < -0.4 is 15.3 Å². The number of nitrogens with zero attached hydrogens (tertiary/aromatic N) is 8. The SMILES string of the molecule is CO[n+]1cc(-c2c(-n3cc(Cl)nn3)ccc(Cl)c2F)ccc1[C@H](Cc1ccn(C(F)F)n1)n1cc(-c2ccc(C(N)=O)cc2)cn1. The summed E-state index contributed by atoms with van der Waals surface area (Å²) in [7, 11) is 1.43. The van der Waals surface area contributed by atoms with E-state index in [1.165, 1.54) is 41.0 Å². The van der Waals surface area contributed by atoms with E-state index in [9.17, 15) is 13.6 Å². The number of amides is 1. The Labute approximate surface area is 269 Å². The second-order valence-corrected chi connectivity index (χ2v) is 10.8. The molecule has 11 nitrogen and oxygen atoms in total. The molecule has 234 valence electrons. The molecule has 0 aliphatic heterocycles. The number of carbonyl (C=O) groups is 1. The minimum Gasteiger partial charge on any atom is -0.366 e. The number of nitrogens with two attached hydrogens (primary N) is 1. The minimum absolute atomic E-state index is 0.111. The van der Waals surface area contributed by atoms with Crippen molar-refractivity contribution in [3.05, 3.63) is 119 Å². The maximum absolute atomic E-state index is 15.6. The first-order valence-corrected chi connectivity index (χ1v) is 14.3. The number of pyridine rings is 1. The molecule has 46 heavy (non-hydrogen) atoms. The van der Waals surface area contributed by atoms with E-state index in [2.05, 4.69) is 20.5 Å². The molecule has 0 aliphatic rings. The number of aromatic nitrogens is 8. The zero-order valence-corrected chi connectivity index (χ0v) is 25.3. The van der Waals surface area contributed by atoms with Crippen LogP contribution in [-0.2, 0) is 6.42 Å². The van der Waals surface area contributed by atoms with E-state index in [4.69, 9.17) is 33.8 Å². The number of benzene rings is 2. The van der Waals surface area contributed by atoms with Gasteiger partial charge in [0.2, 0.25) is 12.1 Å². The van der Waals surface area contributed by atoms with Gasteiger partial charge in [0.1, 0.15) is 13.2 Å². The van der Waals surface area contributed by atoms with Crippen LogP contribution in [-0.4, -0.2) is 47.6 Å². The monoisotopic (exact) mass is 668 g/mol. The summed E-state index contributed by atoms with van der Waals surface area (Å²) in [5, 5.41) is 16.3. The van der Waals surface area contributed by atoms with E-state index in [1.807, 2.05) is 0 Å². The quantitative estimate of drug-likeness (QED) is 0.202. The molecule has 0 radical (unpaired) electrons. The van der Waals surface area contributed by atoms with Crippen molar-refractivity contribution < 1.29 is 27.5 Å². The predicted molar refractivity (Wildman–Crippen MR) is 161 cm³/mol. The smallest absolute Gasteiger partial charge is 0.333 e. The third-order valence-electron chi connectivity index (χ3n) is 7.25. The summed E-state index contributed by atoms with van der Waals surface area (Å²) in [5.74, 6) is -1.25. The zero-order valence-electron chi connectivity index (χ0n) is 23.8. The van der Waals surface area contributed by atoms with Crippen LogP contribution >= 0.6 is 23.2 Å². The molecule has 0 bridgehead atoms. The average Bonchev–Trinajstić information content (AvgIpc) is 3.83. The van der Waals surface area contributed by atoms with Crippen molar-refractivity contribution in [2.45, 2.75) is 19.0 Å². The van der Waals surface area contributed by atoms with Gasteiger partial charge in [0.05, 0.1) is 39.9 Å². The lowest BCUT2D eigenvalue weighted by molar-refractivity contribution is -0.891. The molecule has 4 heterocycles. The number of rotatable bonds is 10. The van der Waals surface area contributed by atoms with Gasteiger partial charge in [0, 0.05) is 40.7 Å². The second-order valence-electron chi connectivity index (χ2n) is 10.0. The number of primary amides is 1. The van der Waals surface area contributed by atoms with Gasteiger partial charge in [-0.2, -0.15) is 19.0 Å². The first-order valence-electron chi connectivity index (χ1n) is 13.6. The summed E-state index contributed by atoms with van der Waals surface area (Å²) in [6.07, 6.45) is 7.72. The Morgan fingerprint density at radius 1 is 1.00 bits per heavy atom. The van der Waals surface area contributed by atoms with Gasteiger partial charge >= 0.3 is 6.55 Å². The van der Waals surface area contributed by atoms with E-state index >= 15 is 4.39 Å². The number of carbonyl (C=O) groups excluding carboxylic acids is 1. The summed E-state index contributed by atoms with van der Waals surface area (Å²) in [6.45, 7) is -2.81. The molecule has 0 aliphatic carbocycles. The van der Waals surface area contributed by atoms with Gasteiger partial charge < -0.3 is 5.73 Å². The third-order valence-corrected chi connectivity index (χ3v) is 7.71. The topological polar surface area (TPSA) is 123 Å². The highest BCUT2D eigenvalue weighted by atomic mass is 35.5. The molecule has 6 aromatic rings. The Hall–Kier alpha value is -5.21. The van der Waals surface area contributed by atoms with Crippen molar-refractivity contribution >= 4 is 29.1 Å². The lowest BCUT2D eigenvalue weighted by atomic mass is 10.0. The highest BCUT2D eigenvalue weighted by Gasteiger charge is 2.30. The number of hydrogen-bond donors (Lipinski definition) is 1. The van der Waals surface area contributed by atoms with Crippen molar-refractivity contribution in [3.63, 3.8) is 0 Å². The van der Waals surface area contributed by atoms with E-state index in [1.54, 1.807) is 65.7 Å². The third kappa shape index (κ3) is 6.04. The van der Waals surface area contributed by atoms with Crippen LogP contribution in [0.5, 0.6) is 0 Å². The van der Waals surface area contributed by atoms with E-state index in [0.717, 1.165) is 11.1 Å². The number of alkyl halides is 2. The van der Waals surface area contributed by atoms with Gasteiger partial charge in [-0.05, 0) is 42.0 Å². The molecule has 0 spiro atoms. The summed E-state index contributed by atoms with van der Waals surface area (Å²) in [4.78, 5) is 17.2. The molecule has 1 atom stereocenters. The molecule has 0 saturated heterocycles. The fourth-order valence-electron chi connectivity index (χ4n) is 5.03. The normalized spacial score (nSPS) is 12.1. The molecular formula is C30H23Cl2F3N9O2+. The zero-order chi connectivity index (χ0) is 32.5. The van der Waals surface area contributed by atoms with Crippen molar-refractivity contribution in [2.24, 2.45) is 5.73 Å². The lowest BCUT2D eigenvalue weighted by Gasteiger charge is -2.16. The molecule has 6 rings (SSSR count). The second kappa shape index (κ2) is 12.7. The summed E-state index contributed by atoms with van der Waals surface area (Å²) < 4.78 is 47.3. The average molecular weight is 669 g/mol. The van der Waals surface area contributed by atoms with Crippen LogP contribution in [0.2, 0.25) is 10.2 Å². The van der Waals surface area contributed by atoms with Gasteiger partial charge in [0.25, 0.3) is 5.69 Å². The summed E-state index contributed by atoms with van der Waals surface area (Å²) >= 11 is 12.1. The Morgan fingerprint density at radius 2 is 1.76 bits per heavy atom. The maximum Gasteiger partial charge on any atom is 0.333 e. The predicted octanol–water partition coefficient (Wildman–Crippen LogP) is 5.11. The molecule has 1 amide bonds. The summed E-state index contributed by atoms with van der Waals surface area (Å²) in [6, 6.07) is 13.9. The first kappa shape index (κ1) is 30.8. The highest BCUT2D eigenvalue weighted by molar-refractivity contribution is 6.31. The van der Waals surface area contributed by atoms with Crippen LogP contribution in [0.1, 0.15) is 34.3 Å². The first-order chi connectivity index (χ1) is 22.1. The van der Waals surface area contributed by atoms with Gasteiger partial charge in [-0.3, -0.25) is 14.3 Å². The van der Waals surface area contributed by atoms with Crippen molar-refractivity contribution in [2.75, 3.05) is 7.11 Å². The molecule has 2 aromatic carbocycles. The molecule has 0 unspecified atom stereocenters.